The van der Waals surface area contributed by atoms with Crippen LogP contribution in [0.1, 0.15) is 32.1 Å². The molecule has 0 saturated heterocycles. The molecule has 0 amide bonds. The van der Waals surface area contributed by atoms with Crippen molar-refractivity contribution in [3.05, 3.63) is 0 Å². The van der Waals surface area contributed by atoms with Gasteiger partial charge in [0.15, 0.2) is 0 Å². The molecule has 1 fully saturated rings. The summed E-state index contributed by atoms with van der Waals surface area (Å²) in [5.74, 6) is 1.05. The second kappa shape index (κ2) is 8.21. The summed E-state index contributed by atoms with van der Waals surface area (Å²) in [7, 11) is 0. The first-order valence-corrected chi connectivity index (χ1v) is 4.45. The molecule has 1 aliphatic carbocycles. The van der Waals surface area contributed by atoms with Crippen molar-refractivity contribution in [3.8, 4) is 0 Å². The Balaban J connectivity index is 0. The molecule has 0 aromatic heterocycles. The monoisotopic (exact) mass is 194 g/mol. The van der Waals surface area contributed by atoms with Gasteiger partial charge in [-0.3, -0.25) is 0 Å². The molecule has 0 aliphatic heterocycles. The Bertz CT molecular complexity index is 62.6. The van der Waals surface area contributed by atoms with E-state index in [1.54, 1.807) is 0 Å². The van der Waals surface area contributed by atoms with Crippen molar-refractivity contribution >= 4 is 16.3 Å². The Morgan fingerprint density at radius 3 is 1.80 bits per heavy atom. The summed E-state index contributed by atoms with van der Waals surface area (Å²) in [5, 5.41) is 1.33. The zero-order chi connectivity index (χ0) is 5.82. The normalized spacial score (nSPS) is 19.0. The van der Waals surface area contributed by atoms with E-state index in [1.165, 1.54) is 37.4 Å². The van der Waals surface area contributed by atoms with Crippen LogP contribution in [-0.4, -0.2) is 16.3 Å². The van der Waals surface area contributed by atoms with Crippen LogP contribution in [0.5, 0.6) is 0 Å². The van der Waals surface area contributed by atoms with E-state index in [0.717, 1.165) is 5.92 Å². The topological polar surface area (TPSA) is 0 Å². The number of hydrogen-bond acceptors (Lipinski definition) is 0. The van der Waals surface area contributed by atoms with Gasteiger partial charge in [-0.25, -0.2) is 0 Å². The van der Waals surface area contributed by atoms with Crippen LogP contribution >= 0.6 is 0 Å². The maximum atomic E-state index is 2.85. The summed E-state index contributed by atoms with van der Waals surface area (Å²) in [6.07, 6.45) is 7.44. The Morgan fingerprint density at radius 1 is 1.00 bits per heavy atom. The summed E-state index contributed by atoms with van der Waals surface area (Å²) in [4.78, 5) is 0. The molecular weight excluding hydrogens is 182 g/mol. The van der Waals surface area contributed by atoms with Gasteiger partial charge in [-0.1, -0.05) is 0 Å². The Morgan fingerprint density at radius 2 is 1.50 bits per heavy atom. The van der Waals surface area contributed by atoms with Crippen LogP contribution in [-0.2, 0) is 0 Å². The van der Waals surface area contributed by atoms with Crippen molar-refractivity contribution in [2.24, 2.45) is 5.92 Å². The van der Waals surface area contributed by atoms with E-state index in [0.29, 0.717) is 0 Å². The van der Waals surface area contributed by atoms with E-state index in [4.69, 9.17) is 0 Å². The number of hydrogen-bond donors (Lipinski definition) is 0. The largest absolute Gasteiger partial charge is 1.00 e. The van der Waals surface area contributed by atoms with Crippen LogP contribution < -0.4 is 24.8 Å². The summed E-state index contributed by atoms with van der Waals surface area (Å²) in [6, 6.07) is 0. The molecule has 0 aromatic carbocycles. The van der Waals surface area contributed by atoms with Crippen molar-refractivity contribution in [3.63, 3.8) is 0 Å². The fraction of sp³-hybridized carbons (Fsp3) is 1.00. The zero-order valence-corrected chi connectivity index (χ0v) is 8.82. The quantitative estimate of drug-likeness (QED) is 0.376. The molecule has 0 atom stereocenters. The summed E-state index contributed by atoms with van der Waals surface area (Å²) < 4.78 is 0. The molecule has 1 rings (SSSR count). The summed E-state index contributed by atoms with van der Waals surface area (Å²) >= 11 is 2.85. The zero-order valence-electron chi connectivity index (χ0n) is 6.15. The van der Waals surface area contributed by atoms with E-state index >= 15 is 0 Å². The first-order chi connectivity index (χ1) is 3.93. The third-order valence-corrected chi connectivity index (χ3v) is 2.72. The van der Waals surface area contributed by atoms with Gasteiger partial charge in [-0.05, 0) is 0 Å². The number of halogens is 2. The SMILES string of the molecule is [Al+2][CH2]C1CCCCC1.[Cl-].[Cl-]. The first-order valence-electron chi connectivity index (χ1n) is 3.63. The van der Waals surface area contributed by atoms with Gasteiger partial charge in [0.25, 0.3) is 0 Å². The fourth-order valence-electron chi connectivity index (χ4n) is 1.42. The molecule has 0 radical (unpaired) electrons. The molecule has 1 saturated carbocycles. The van der Waals surface area contributed by atoms with Crippen molar-refractivity contribution in [1.82, 2.24) is 0 Å². The molecule has 0 aromatic rings. The van der Waals surface area contributed by atoms with E-state index in [-0.39, 0.29) is 24.8 Å². The van der Waals surface area contributed by atoms with Gasteiger partial charge < -0.3 is 24.8 Å². The van der Waals surface area contributed by atoms with Crippen molar-refractivity contribution in [1.29, 1.82) is 0 Å². The minimum atomic E-state index is 0. The predicted molar refractivity (Wildman–Crippen MR) is 37.1 cm³/mol. The van der Waals surface area contributed by atoms with Gasteiger partial charge in [-0.2, -0.15) is 0 Å². The maximum Gasteiger partial charge on any atom is -1.00 e. The molecule has 3 heteroatoms. The van der Waals surface area contributed by atoms with Gasteiger partial charge >= 0.3 is 59.6 Å². The molecule has 0 N–H and O–H groups in total. The standard InChI is InChI=1S/C7H13.Al.2ClH/c1-7-5-3-2-4-6-7;;;/h7H,1-6H2;;2*1H/q;+2;;/p-2. The van der Waals surface area contributed by atoms with Crippen LogP contribution in [0.25, 0.3) is 0 Å². The van der Waals surface area contributed by atoms with Crippen LogP contribution in [0.3, 0.4) is 0 Å². The van der Waals surface area contributed by atoms with E-state index < -0.39 is 0 Å². The van der Waals surface area contributed by atoms with Gasteiger partial charge in [0.2, 0.25) is 0 Å². The molecule has 0 heterocycles. The molecular formula is C7H13AlCl2. The third kappa shape index (κ3) is 4.86. The first kappa shape index (κ1) is 13.7. The number of rotatable bonds is 1. The smallest absolute Gasteiger partial charge is 1.00 e. The summed E-state index contributed by atoms with van der Waals surface area (Å²) in [5.41, 5.74) is 0. The second-order valence-electron chi connectivity index (χ2n) is 2.74. The minimum Gasteiger partial charge on any atom is -1.00 e. The van der Waals surface area contributed by atoms with E-state index in [1.807, 2.05) is 0 Å². The minimum absolute atomic E-state index is 0. The Labute approximate surface area is 84.4 Å². The van der Waals surface area contributed by atoms with Gasteiger partial charge in [-0.15, -0.1) is 0 Å². The molecule has 0 unspecified atom stereocenters. The van der Waals surface area contributed by atoms with Crippen LogP contribution in [0.4, 0.5) is 0 Å². The molecule has 0 bridgehead atoms. The molecule has 1 aliphatic rings. The van der Waals surface area contributed by atoms with Crippen molar-refractivity contribution in [2.45, 2.75) is 37.4 Å². The van der Waals surface area contributed by atoms with Crippen molar-refractivity contribution < 1.29 is 24.8 Å². The molecule has 0 nitrogen and oxygen atoms in total. The fourth-order valence-corrected chi connectivity index (χ4v) is 1.89. The molecule has 0 spiro atoms. The van der Waals surface area contributed by atoms with Crippen LogP contribution in [0.15, 0.2) is 0 Å². The van der Waals surface area contributed by atoms with Crippen molar-refractivity contribution in [2.75, 3.05) is 0 Å². The Hall–Kier alpha value is 1.11. The van der Waals surface area contributed by atoms with Gasteiger partial charge in [0.1, 0.15) is 0 Å². The Kier molecular flexibility index (Phi) is 11.2. The van der Waals surface area contributed by atoms with Gasteiger partial charge in [0.05, 0.1) is 0 Å². The predicted octanol–water partition coefficient (Wildman–Crippen LogP) is -3.84. The molecule has 58 valence electrons. The molecule has 10 heavy (non-hydrogen) atoms. The average molecular weight is 195 g/mol. The average Bonchev–Trinajstić information content (AvgIpc) is 1.90. The summed E-state index contributed by atoms with van der Waals surface area (Å²) in [6.45, 7) is 0. The van der Waals surface area contributed by atoms with E-state index in [9.17, 15) is 0 Å². The van der Waals surface area contributed by atoms with Crippen LogP contribution in [0.2, 0.25) is 5.28 Å². The van der Waals surface area contributed by atoms with E-state index in [2.05, 4.69) is 16.3 Å². The van der Waals surface area contributed by atoms with Gasteiger partial charge in [0, 0.05) is 0 Å². The maximum absolute atomic E-state index is 2.85. The third-order valence-electron chi connectivity index (χ3n) is 2.06. The second-order valence-corrected chi connectivity index (χ2v) is 3.21. The van der Waals surface area contributed by atoms with Crippen LogP contribution in [0, 0.1) is 5.92 Å².